The number of hydrogen-bond donors (Lipinski definition) is 0. The van der Waals surface area contributed by atoms with Crippen LogP contribution in [0.2, 0.25) is 5.02 Å². The van der Waals surface area contributed by atoms with Crippen LogP contribution in [0.3, 0.4) is 0 Å². The molecule has 96 valence electrons. The van der Waals surface area contributed by atoms with E-state index in [0.717, 1.165) is 0 Å². The van der Waals surface area contributed by atoms with Gasteiger partial charge in [-0.15, -0.1) is 10.2 Å². The number of nitrogens with zero attached hydrogens (tertiary/aromatic N) is 6. The van der Waals surface area contributed by atoms with E-state index in [0.29, 0.717) is 17.9 Å². The van der Waals surface area contributed by atoms with Gasteiger partial charge in [-0.05, 0) is 18.2 Å². The molecule has 2 aromatic heterocycles. The molecule has 6 nitrogen and oxygen atoms in total. The molecule has 19 heavy (non-hydrogen) atoms. The van der Waals surface area contributed by atoms with Gasteiger partial charge in [-0.2, -0.15) is 0 Å². The highest BCUT2D eigenvalue weighted by Gasteiger charge is 2.06. The molecular weight excluding hydrogens is 271 g/mol. The fourth-order valence-corrected chi connectivity index (χ4v) is 1.78. The van der Waals surface area contributed by atoms with E-state index in [-0.39, 0.29) is 5.02 Å². The lowest BCUT2D eigenvalue weighted by atomic mass is 10.3. The maximum Gasteiger partial charge on any atom is 0.141 e. The number of halogens is 2. The van der Waals surface area contributed by atoms with Crippen molar-refractivity contribution in [3.63, 3.8) is 0 Å². The molecule has 0 aliphatic carbocycles. The molecule has 8 heteroatoms. The lowest BCUT2D eigenvalue weighted by Gasteiger charge is -2.00. The van der Waals surface area contributed by atoms with Crippen LogP contribution in [-0.2, 0) is 6.54 Å². The zero-order chi connectivity index (χ0) is 13.2. The molecule has 0 fully saturated rings. The van der Waals surface area contributed by atoms with Gasteiger partial charge in [0.05, 0.1) is 29.6 Å². The highest BCUT2D eigenvalue weighted by Crippen LogP contribution is 2.18. The summed E-state index contributed by atoms with van der Waals surface area (Å²) in [6.07, 6.45) is 5.04. The Kier molecular flexibility index (Phi) is 2.96. The Morgan fingerprint density at radius 2 is 2.16 bits per heavy atom. The van der Waals surface area contributed by atoms with Crippen molar-refractivity contribution in [2.24, 2.45) is 0 Å². The van der Waals surface area contributed by atoms with E-state index in [2.05, 4.69) is 20.6 Å². The van der Waals surface area contributed by atoms with Crippen LogP contribution >= 0.6 is 11.6 Å². The van der Waals surface area contributed by atoms with E-state index in [9.17, 15) is 4.39 Å². The van der Waals surface area contributed by atoms with Gasteiger partial charge in [0.2, 0.25) is 0 Å². The first-order valence-corrected chi connectivity index (χ1v) is 5.81. The first-order valence-electron chi connectivity index (χ1n) is 5.43. The Labute approximate surface area is 112 Å². The summed E-state index contributed by atoms with van der Waals surface area (Å²) in [6.45, 7) is 0.467. The van der Waals surface area contributed by atoms with Crippen LogP contribution in [0.15, 0.2) is 36.8 Å². The Morgan fingerprint density at radius 3 is 2.89 bits per heavy atom. The van der Waals surface area contributed by atoms with Crippen LogP contribution in [0, 0.1) is 5.82 Å². The number of hydrogen-bond acceptors (Lipinski definition) is 4. The van der Waals surface area contributed by atoms with E-state index in [1.807, 2.05) is 0 Å². The third-order valence-electron chi connectivity index (χ3n) is 2.50. The minimum absolute atomic E-state index is 0.0471. The first kappa shape index (κ1) is 11.8. The lowest BCUT2D eigenvalue weighted by molar-refractivity contribution is 0.627. The van der Waals surface area contributed by atoms with Crippen LogP contribution in [0.1, 0.15) is 5.69 Å². The van der Waals surface area contributed by atoms with Crippen molar-refractivity contribution in [1.82, 2.24) is 30.0 Å². The van der Waals surface area contributed by atoms with E-state index < -0.39 is 5.82 Å². The molecule has 0 N–H and O–H groups in total. The van der Waals surface area contributed by atoms with Gasteiger partial charge in [0, 0.05) is 6.20 Å². The predicted octanol–water partition coefficient (Wildman–Crippen LogP) is 1.70. The maximum atomic E-state index is 13.1. The summed E-state index contributed by atoms with van der Waals surface area (Å²) in [7, 11) is 0. The molecule has 0 aliphatic heterocycles. The Morgan fingerprint density at radius 1 is 1.26 bits per heavy atom. The third-order valence-corrected chi connectivity index (χ3v) is 2.79. The molecule has 1 aromatic carbocycles. The van der Waals surface area contributed by atoms with E-state index in [1.54, 1.807) is 29.3 Å². The fourth-order valence-electron chi connectivity index (χ4n) is 1.61. The molecule has 0 unspecified atom stereocenters. The molecule has 0 bridgehead atoms. The zero-order valence-corrected chi connectivity index (χ0v) is 10.4. The standard InChI is InChI=1S/C11H8ClFN6/c12-10-5-9(1-2-11(10)13)19-7-8(15-17-19)6-18-4-3-14-16-18/h1-5,7H,6H2. The van der Waals surface area contributed by atoms with Crippen LogP contribution in [-0.4, -0.2) is 30.0 Å². The molecule has 0 aliphatic rings. The average molecular weight is 279 g/mol. The summed E-state index contributed by atoms with van der Waals surface area (Å²) in [5, 5.41) is 15.6. The minimum Gasteiger partial charge on any atom is -0.246 e. The SMILES string of the molecule is Fc1ccc(-n2cc(Cn3ccnn3)nn2)cc1Cl. The van der Waals surface area contributed by atoms with Crippen molar-refractivity contribution >= 4 is 11.6 Å². The normalized spacial score (nSPS) is 10.8. The van der Waals surface area contributed by atoms with Crippen molar-refractivity contribution in [3.05, 3.63) is 53.3 Å². The van der Waals surface area contributed by atoms with Gasteiger partial charge in [0.1, 0.15) is 11.5 Å². The summed E-state index contributed by atoms with van der Waals surface area (Å²) in [6, 6.07) is 4.36. The summed E-state index contributed by atoms with van der Waals surface area (Å²) < 4.78 is 16.2. The van der Waals surface area contributed by atoms with Crippen LogP contribution in [0.25, 0.3) is 5.69 Å². The Balaban J connectivity index is 1.86. The van der Waals surface area contributed by atoms with Crippen molar-refractivity contribution in [1.29, 1.82) is 0 Å². The zero-order valence-electron chi connectivity index (χ0n) is 9.61. The van der Waals surface area contributed by atoms with Crippen molar-refractivity contribution in [2.75, 3.05) is 0 Å². The van der Waals surface area contributed by atoms with Crippen LogP contribution in [0.4, 0.5) is 4.39 Å². The number of aromatic nitrogens is 6. The molecule has 0 saturated heterocycles. The number of benzene rings is 1. The second-order valence-corrected chi connectivity index (χ2v) is 4.26. The molecule has 0 atom stereocenters. The largest absolute Gasteiger partial charge is 0.246 e. The second-order valence-electron chi connectivity index (χ2n) is 3.85. The minimum atomic E-state index is -0.464. The van der Waals surface area contributed by atoms with Gasteiger partial charge in [0.15, 0.2) is 0 Å². The monoisotopic (exact) mass is 278 g/mol. The predicted molar refractivity (Wildman–Crippen MR) is 65.5 cm³/mol. The Hall–Kier alpha value is -2.28. The van der Waals surface area contributed by atoms with Crippen LogP contribution in [0.5, 0.6) is 0 Å². The summed E-state index contributed by atoms with van der Waals surface area (Å²) in [5.41, 5.74) is 1.36. The van der Waals surface area contributed by atoms with Gasteiger partial charge in [0.25, 0.3) is 0 Å². The van der Waals surface area contributed by atoms with Gasteiger partial charge < -0.3 is 0 Å². The van der Waals surface area contributed by atoms with Gasteiger partial charge >= 0.3 is 0 Å². The molecule has 0 spiro atoms. The third kappa shape index (κ3) is 2.45. The summed E-state index contributed by atoms with van der Waals surface area (Å²) in [5.74, 6) is -0.464. The second kappa shape index (κ2) is 4.77. The summed E-state index contributed by atoms with van der Waals surface area (Å²) in [4.78, 5) is 0. The molecular formula is C11H8ClFN6. The maximum absolute atomic E-state index is 13.1. The van der Waals surface area contributed by atoms with Crippen molar-refractivity contribution < 1.29 is 4.39 Å². The first-order chi connectivity index (χ1) is 9.22. The summed E-state index contributed by atoms with van der Waals surface area (Å²) >= 11 is 5.73. The smallest absolute Gasteiger partial charge is 0.141 e. The molecule has 0 radical (unpaired) electrons. The molecule has 3 aromatic rings. The number of rotatable bonds is 3. The van der Waals surface area contributed by atoms with E-state index in [4.69, 9.17) is 11.6 Å². The fraction of sp³-hybridized carbons (Fsp3) is 0.0909. The quantitative estimate of drug-likeness (QED) is 0.731. The molecule has 3 rings (SSSR count). The Bertz CT molecular complexity index is 693. The average Bonchev–Trinajstić information content (AvgIpc) is 3.05. The van der Waals surface area contributed by atoms with Gasteiger partial charge in [-0.25, -0.2) is 13.8 Å². The van der Waals surface area contributed by atoms with Gasteiger partial charge in [-0.1, -0.05) is 22.0 Å². The van der Waals surface area contributed by atoms with Crippen molar-refractivity contribution in [3.8, 4) is 5.69 Å². The van der Waals surface area contributed by atoms with E-state index in [1.165, 1.54) is 16.8 Å². The lowest BCUT2D eigenvalue weighted by Crippen LogP contribution is -2.00. The molecule has 2 heterocycles. The van der Waals surface area contributed by atoms with Crippen LogP contribution < -0.4 is 0 Å². The van der Waals surface area contributed by atoms with Crippen molar-refractivity contribution in [2.45, 2.75) is 6.54 Å². The highest BCUT2D eigenvalue weighted by molar-refractivity contribution is 6.30. The molecule has 0 amide bonds. The highest BCUT2D eigenvalue weighted by atomic mass is 35.5. The van der Waals surface area contributed by atoms with E-state index >= 15 is 0 Å². The van der Waals surface area contributed by atoms with Gasteiger partial charge in [-0.3, -0.25) is 0 Å². The molecule has 0 saturated carbocycles. The topological polar surface area (TPSA) is 61.4 Å².